The van der Waals surface area contributed by atoms with Crippen LogP contribution in [0.25, 0.3) is 11.3 Å². The topological polar surface area (TPSA) is 85.6 Å². The molecule has 1 fully saturated rings. The first-order chi connectivity index (χ1) is 13.7. The van der Waals surface area contributed by atoms with Crippen molar-refractivity contribution in [2.45, 2.75) is 55.5 Å². The van der Waals surface area contributed by atoms with Crippen LogP contribution in [-0.4, -0.2) is 36.3 Å². The van der Waals surface area contributed by atoms with Crippen molar-refractivity contribution in [2.24, 2.45) is 0 Å². The first-order valence-electron chi connectivity index (χ1n) is 9.47. The van der Waals surface area contributed by atoms with Gasteiger partial charge in [-0.05, 0) is 30.2 Å². The molecule has 0 radical (unpaired) electrons. The zero-order chi connectivity index (χ0) is 19.3. The van der Waals surface area contributed by atoms with Crippen molar-refractivity contribution in [3.63, 3.8) is 0 Å². The van der Waals surface area contributed by atoms with Gasteiger partial charge in [0.15, 0.2) is 5.13 Å². The van der Waals surface area contributed by atoms with Gasteiger partial charge >= 0.3 is 0 Å². The number of anilines is 1. The third-order valence-corrected chi connectivity index (χ3v) is 6.64. The van der Waals surface area contributed by atoms with Crippen LogP contribution >= 0.6 is 23.1 Å². The van der Waals surface area contributed by atoms with E-state index in [0.717, 1.165) is 24.1 Å². The van der Waals surface area contributed by atoms with E-state index in [9.17, 15) is 4.79 Å². The third kappa shape index (κ3) is 4.41. The van der Waals surface area contributed by atoms with Crippen LogP contribution < -0.4 is 5.32 Å². The van der Waals surface area contributed by atoms with Crippen LogP contribution in [0, 0.1) is 0 Å². The molecule has 0 saturated heterocycles. The van der Waals surface area contributed by atoms with Crippen LogP contribution in [0.3, 0.4) is 0 Å². The van der Waals surface area contributed by atoms with Crippen LogP contribution in [0.5, 0.6) is 0 Å². The summed E-state index contributed by atoms with van der Waals surface area (Å²) >= 11 is 2.82. The molecule has 1 aromatic carbocycles. The Morgan fingerprint density at radius 3 is 2.82 bits per heavy atom. The number of nitrogens with zero attached hydrogens (tertiary/aromatic N) is 5. The number of nitrogens with one attached hydrogen (secondary N) is 1. The number of benzene rings is 1. The first-order valence-corrected chi connectivity index (χ1v) is 11.2. The number of rotatable bonds is 6. The fourth-order valence-corrected chi connectivity index (χ4v) is 4.89. The van der Waals surface area contributed by atoms with Gasteiger partial charge in [-0.3, -0.25) is 4.79 Å². The number of tetrazole rings is 1. The van der Waals surface area contributed by atoms with Crippen molar-refractivity contribution in [3.8, 4) is 11.3 Å². The predicted molar refractivity (Wildman–Crippen MR) is 111 cm³/mol. The summed E-state index contributed by atoms with van der Waals surface area (Å²) in [6.07, 6.45) is 5.89. The Kier molecular flexibility index (Phi) is 6.01. The summed E-state index contributed by atoms with van der Waals surface area (Å²) in [5.74, 6) is -0.0999. The van der Waals surface area contributed by atoms with E-state index in [2.05, 4.69) is 25.8 Å². The lowest BCUT2D eigenvalue weighted by Gasteiger charge is -2.22. The number of thioether (sulfide) groups is 1. The fourth-order valence-electron chi connectivity index (χ4n) is 3.31. The molecule has 1 aliphatic carbocycles. The van der Waals surface area contributed by atoms with Crippen molar-refractivity contribution in [1.29, 1.82) is 0 Å². The van der Waals surface area contributed by atoms with E-state index >= 15 is 0 Å². The van der Waals surface area contributed by atoms with Gasteiger partial charge in [0.1, 0.15) is 0 Å². The van der Waals surface area contributed by atoms with Crippen LogP contribution in [0.15, 0.2) is 40.9 Å². The lowest BCUT2D eigenvalue weighted by atomic mass is 9.96. The standard InChI is InChI=1S/C19H22N6OS2/c1-13(28-19-22-23-24-25(19)15-10-6-3-7-11-15)17(26)21-18-20-16(12-27-18)14-8-4-2-5-9-14/h2,4-5,8-9,12-13,15H,3,6-7,10-11H2,1H3,(H,20,21,26). The minimum absolute atomic E-state index is 0.0999. The maximum absolute atomic E-state index is 12.6. The van der Waals surface area contributed by atoms with Crippen molar-refractivity contribution in [1.82, 2.24) is 25.2 Å². The van der Waals surface area contributed by atoms with E-state index in [4.69, 9.17) is 0 Å². The maximum Gasteiger partial charge on any atom is 0.239 e. The summed E-state index contributed by atoms with van der Waals surface area (Å²) < 4.78 is 1.89. The first kappa shape index (κ1) is 19.1. The molecule has 0 bridgehead atoms. The summed E-state index contributed by atoms with van der Waals surface area (Å²) in [6.45, 7) is 1.87. The number of carbonyl (C=O) groups is 1. The highest BCUT2D eigenvalue weighted by Gasteiger charge is 2.24. The van der Waals surface area contributed by atoms with Crippen molar-refractivity contribution < 1.29 is 4.79 Å². The van der Waals surface area contributed by atoms with Gasteiger partial charge in [0.25, 0.3) is 0 Å². The lowest BCUT2D eigenvalue weighted by Crippen LogP contribution is -2.23. The van der Waals surface area contributed by atoms with Crippen LogP contribution in [0.2, 0.25) is 0 Å². The molecular weight excluding hydrogens is 392 g/mol. The van der Waals surface area contributed by atoms with E-state index in [1.165, 1.54) is 42.4 Å². The van der Waals surface area contributed by atoms with Gasteiger partial charge in [-0.15, -0.1) is 16.4 Å². The van der Waals surface area contributed by atoms with Crippen molar-refractivity contribution in [3.05, 3.63) is 35.7 Å². The van der Waals surface area contributed by atoms with Gasteiger partial charge < -0.3 is 5.32 Å². The van der Waals surface area contributed by atoms with E-state index in [-0.39, 0.29) is 11.2 Å². The molecule has 1 N–H and O–H groups in total. The van der Waals surface area contributed by atoms with Gasteiger partial charge in [0.05, 0.1) is 17.0 Å². The summed E-state index contributed by atoms with van der Waals surface area (Å²) in [6, 6.07) is 10.3. The minimum atomic E-state index is -0.322. The number of amides is 1. The molecule has 7 nitrogen and oxygen atoms in total. The van der Waals surface area contributed by atoms with Crippen molar-refractivity contribution >= 4 is 34.1 Å². The zero-order valence-electron chi connectivity index (χ0n) is 15.6. The van der Waals surface area contributed by atoms with E-state index in [1.54, 1.807) is 0 Å². The van der Waals surface area contributed by atoms with Crippen LogP contribution in [0.1, 0.15) is 45.1 Å². The average molecular weight is 415 g/mol. The SMILES string of the molecule is CC(Sc1nnnn1C1CCCCC1)C(=O)Nc1nc(-c2ccccc2)cs1. The summed E-state index contributed by atoms with van der Waals surface area (Å²) in [7, 11) is 0. The quantitative estimate of drug-likeness (QED) is 0.601. The Labute approximate surface area is 172 Å². The highest BCUT2D eigenvalue weighted by molar-refractivity contribution is 8.00. The second kappa shape index (κ2) is 8.83. The molecule has 9 heteroatoms. The molecular formula is C19H22N6OS2. The predicted octanol–water partition coefficient (Wildman–Crippen LogP) is 4.42. The van der Waals surface area contributed by atoms with Gasteiger partial charge in [-0.25, -0.2) is 9.67 Å². The fraction of sp³-hybridized carbons (Fsp3) is 0.421. The Balaban J connectivity index is 1.38. The summed E-state index contributed by atoms with van der Waals surface area (Å²) in [4.78, 5) is 17.2. The Morgan fingerprint density at radius 1 is 1.25 bits per heavy atom. The summed E-state index contributed by atoms with van der Waals surface area (Å²) in [5, 5.41) is 18.0. The van der Waals surface area contributed by atoms with Crippen molar-refractivity contribution in [2.75, 3.05) is 5.32 Å². The molecule has 1 atom stereocenters. The maximum atomic E-state index is 12.6. The normalized spacial score (nSPS) is 16.0. The molecule has 1 aliphatic rings. The molecule has 3 aromatic rings. The number of thiazole rings is 1. The second-order valence-corrected chi connectivity index (χ2v) is 9.02. The Morgan fingerprint density at radius 2 is 2.04 bits per heavy atom. The monoisotopic (exact) mass is 414 g/mol. The number of carbonyl (C=O) groups excluding carboxylic acids is 1. The molecule has 1 saturated carbocycles. The Bertz CT molecular complexity index is 919. The highest BCUT2D eigenvalue weighted by atomic mass is 32.2. The number of aromatic nitrogens is 5. The molecule has 2 aromatic heterocycles. The Hall–Kier alpha value is -2.26. The number of hydrogen-bond donors (Lipinski definition) is 1. The van der Waals surface area contributed by atoms with E-state index in [0.29, 0.717) is 16.3 Å². The largest absolute Gasteiger partial charge is 0.301 e. The smallest absolute Gasteiger partial charge is 0.239 e. The van der Waals surface area contributed by atoms with E-state index in [1.807, 2.05) is 47.3 Å². The average Bonchev–Trinajstić information content (AvgIpc) is 3.39. The minimum Gasteiger partial charge on any atom is -0.301 e. The van der Waals surface area contributed by atoms with Gasteiger partial charge in [0.2, 0.25) is 11.1 Å². The third-order valence-electron chi connectivity index (χ3n) is 4.84. The molecule has 0 spiro atoms. The van der Waals surface area contributed by atoms with Gasteiger partial charge in [-0.2, -0.15) is 0 Å². The van der Waals surface area contributed by atoms with Crippen LogP contribution in [0.4, 0.5) is 5.13 Å². The van der Waals surface area contributed by atoms with Gasteiger partial charge in [0, 0.05) is 10.9 Å². The molecule has 2 heterocycles. The summed E-state index contributed by atoms with van der Waals surface area (Å²) in [5.41, 5.74) is 1.90. The molecule has 146 valence electrons. The van der Waals surface area contributed by atoms with Gasteiger partial charge in [-0.1, -0.05) is 61.4 Å². The molecule has 0 aliphatic heterocycles. The molecule has 28 heavy (non-hydrogen) atoms. The second-order valence-electron chi connectivity index (χ2n) is 6.85. The number of hydrogen-bond acceptors (Lipinski definition) is 7. The molecule has 1 amide bonds. The zero-order valence-corrected chi connectivity index (χ0v) is 17.2. The van der Waals surface area contributed by atoms with Crippen LogP contribution in [-0.2, 0) is 4.79 Å². The lowest BCUT2D eigenvalue weighted by molar-refractivity contribution is -0.115. The molecule has 4 rings (SSSR count). The highest BCUT2D eigenvalue weighted by Crippen LogP contribution is 2.32. The molecule has 1 unspecified atom stereocenters. The van der Waals surface area contributed by atoms with E-state index < -0.39 is 0 Å².